The number of phosphoric ester groups is 2. The molecule has 17 nitrogen and oxygen atoms in total. The fourth-order valence-corrected chi connectivity index (χ4v) is 11.2. The van der Waals surface area contributed by atoms with E-state index in [0.29, 0.717) is 25.7 Å². The fraction of sp³-hybridized carbons (Fsp3) is 0.654. The Morgan fingerprint density at radius 2 is 0.560 bits per heavy atom. The maximum absolute atomic E-state index is 13.1. The van der Waals surface area contributed by atoms with Crippen molar-refractivity contribution in [1.29, 1.82) is 0 Å². The lowest BCUT2D eigenvalue weighted by Gasteiger charge is -2.21. The SMILES string of the molecule is CC/C=C\C/C=C\C/C=C\C/C=C\C/C=C\CC(=O)OCC(COP(=O)(O)OCC(O)COP(=O)(O)OCC(COC(=O)CCCCCCCC/C=C\C/C=C\C/C=C\C/C=C\CC)OC(=O)CCCCCCC/C=C\C/C=C\C/C=C\CC)OC(=O)CCCCCCCCCCCCC. The third-order valence-electron chi connectivity index (χ3n) is 15.3. The Morgan fingerprint density at radius 1 is 0.300 bits per heavy atom. The topological polar surface area (TPSA) is 237 Å². The van der Waals surface area contributed by atoms with Crippen molar-refractivity contribution in [3.8, 4) is 0 Å². The Kier molecular flexibility index (Phi) is 68.6. The summed E-state index contributed by atoms with van der Waals surface area (Å²) in [5, 5.41) is 10.6. The molecule has 5 unspecified atom stereocenters. The number of hydrogen-bond donors (Lipinski definition) is 3. The van der Waals surface area contributed by atoms with Crippen LogP contribution in [0.2, 0.25) is 0 Å². The molecule has 0 aromatic rings. The first kappa shape index (κ1) is 94.9. The van der Waals surface area contributed by atoms with Crippen LogP contribution >= 0.6 is 15.6 Å². The fourth-order valence-electron chi connectivity index (χ4n) is 9.65. The number of rotatable bonds is 70. The minimum atomic E-state index is -4.99. The zero-order chi connectivity index (χ0) is 73.2. The van der Waals surface area contributed by atoms with Gasteiger partial charge in [0.25, 0.3) is 0 Å². The summed E-state index contributed by atoms with van der Waals surface area (Å²) in [5.41, 5.74) is 0. The highest BCUT2D eigenvalue weighted by Gasteiger charge is 2.30. The van der Waals surface area contributed by atoms with Gasteiger partial charge in [0, 0.05) is 19.3 Å². The number of allylic oxidation sites excluding steroid dienone is 23. The van der Waals surface area contributed by atoms with E-state index in [1.54, 1.807) is 6.08 Å². The van der Waals surface area contributed by atoms with Crippen LogP contribution in [-0.4, -0.2) is 96.7 Å². The number of hydrogen-bond acceptors (Lipinski definition) is 15. The van der Waals surface area contributed by atoms with Crippen molar-refractivity contribution in [1.82, 2.24) is 0 Å². The number of carbonyl (C=O) groups is 4. The van der Waals surface area contributed by atoms with Crippen molar-refractivity contribution < 1.29 is 80.2 Å². The number of phosphoric acid groups is 2. The summed E-state index contributed by atoms with van der Waals surface area (Å²) in [4.78, 5) is 72.8. The van der Waals surface area contributed by atoms with Crippen LogP contribution in [0.4, 0.5) is 0 Å². The van der Waals surface area contributed by atoms with E-state index in [-0.39, 0.29) is 25.7 Å². The minimum Gasteiger partial charge on any atom is -0.462 e. The van der Waals surface area contributed by atoms with E-state index >= 15 is 0 Å². The first-order valence-electron chi connectivity index (χ1n) is 38.1. The molecule has 0 fully saturated rings. The van der Waals surface area contributed by atoms with Gasteiger partial charge in [0.15, 0.2) is 12.2 Å². The van der Waals surface area contributed by atoms with Crippen LogP contribution in [0.3, 0.4) is 0 Å². The van der Waals surface area contributed by atoms with Crippen LogP contribution < -0.4 is 0 Å². The Labute approximate surface area is 605 Å². The van der Waals surface area contributed by atoms with Crippen LogP contribution in [-0.2, 0) is 65.4 Å². The average Bonchev–Trinajstić information content (AvgIpc) is 0.945. The number of aliphatic hydroxyl groups excluding tert-OH is 1. The van der Waals surface area contributed by atoms with Gasteiger partial charge >= 0.3 is 39.5 Å². The lowest BCUT2D eigenvalue weighted by molar-refractivity contribution is -0.161. The molecule has 570 valence electrons. The number of ether oxygens (including phenoxy) is 4. The van der Waals surface area contributed by atoms with Crippen LogP contribution in [0.25, 0.3) is 0 Å². The van der Waals surface area contributed by atoms with Gasteiger partial charge in [-0.2, -0.15) is 0 Å². The van der Waals surface area contributed by atoms with E-state index in [0.717, 1.165) is 167 Å². The Bertz CT molecular complexity index is 2470. The molecule has 3 N–H and O–H groups in total. The van der Waals surface area contributed by atoms with E-state index in [1.165, 1.54) is 38.5 Å². The van der Waals surface area contributed by atoms with Gasteiger partial charge in [-0.1, -0.05) is 283 Å². The van der Waals surface area contributed by atoms with Gasteiger partial charge in [-0.25, -0.2) is 9.13 Å². The van der Waals surface area contributed by atoms with Gasteiger partial charge < -0.3 is 33.8 Å². The summed E-state index contributed by atoms with van der Waals surface area (Å²) >= 11 is 0. The molecule has 0 heterocycles. The molecular formula is C81H134O17P2. The zero-order valence-electron chi connectivity index (χ0n) is 62.1. The summed E-state index contributed by atoms with van der Waals surface area (Å²) in [6.07, 6.45) is 81.6. The summed E-state index contributed by atoms with van der Waals surface area (Å²) < 4.78 is 68.3. The summed E-state index contributed by atoms with van der Waals surface area (Å²) in [6, 6.07) is 0. The first-order valence-corrected chi connectivity index (χ1v) is 41.1. The second-order valence-corrected chi connectivity index (χ2v) is 27.7. The highest BCUT2D eigenvalue weighted by molar-refractivity contribution is 7.47. The Hall–Kier alpha value is -5.06. The Morgan fingerprint density at radius 3 is 0.890 bits per heavy atom. The van der Waals surface area contributed by atoms with Gasteiger partial charge in [-0.05, 0) is 122 Å². The van der Waals surface area contributed by atoms with Gasteiger partial charge in [0.05, 0.1) is 32.8 Å². The van der Waals surface area contributed by atoms with Gasteiger partial charge in [-0.3, -0.25) is 37.3 Å². The number of esters is 4. The molecule has 0 bridgehead atoms. The molecule has 0 radical (unpaired) electrons. The highest BCUT2D eigenvalue weighted by atomic mass is 31.2. The van der Waals surface area contributed by atoms with Crippen molar-refractivity contribution >= 4 is 39.5 Å². The molecule has 0 aromatic heterocycles. The molecular weight excluding hydrogens is 1310 g/mol. The molecule has 0 spiro atoms. The van der Waals surface area contributed by atoms with Gasteiger partial charge in [0.1, 0.15) is 19.3 Å². The lowest BCUT2D eigenvalue weighted by Crippen LogP contribution is -2.30. The zero-order valence-corrected chi connectivity index (χ0v) is 63.9. The Balaban J connectivity index is 5.41. The molecule has 5 atom stereocenters. The second-order valence-electron chi connectivity index (χ2n) is 24.8. The third kappa shape index (κ3) is 71.3. The maximum Gasteiger partial charge on any atom is 0.472 e. The minimum absolute atomic E-state index is 0.0661. The molecule has 0 saturated carbocycles. The van der Waals surface area contributed by atoms with Crippen LogP contribution in [0.15, 0.2) is 146 Å². The molecule has 0 rings (SSSR count). The molecule has 0 aromatic carbocycles. The average molecular weight is 1440 g/mol. The van der Waals surface area contributed by atoms with Crippen molar-refractivity contribution in [2.45, 2.75) is 303 Å². The van der Waals surface area contributed by atoms with Gasteiger partial charge in [-0.15, -0.1) is 0 Å². The van der Waals surface area contributed by atoms with Crippen LogP contribution in [0.1, 0.15) is 285 Å². The van der Waals surface area contributed by atoms with Gasteiger partial charge in [0.2, 0.25) is 0 Å². The van der Waals surface area contributed by atoms with E-state index in [2.05, 4.69) is 149 Å². The van der Waals surface area contributed by atoms with E-state index in [1.807, 2.05) is 18.2 Å². The highest BCUT2D eigenvalue weighted by Crippen LogP contribution is 2.45. The maximum atomic E-state index is 13.1. The summed E-state index contributed by atoms with van der Waals surface area (Å²) in [6.45, 7) is 4.36. The summed E-state index contributed by atoms with van der Waals surface area (Å²) in [5.74, 6) is -2.36. The first-order chi connectivity index (χ1) is 48.7. The van der Waals surface area contributed by atoms with Crippen LogP contribution in [0.5, 0.6) is 0 Å². The molecule has 0 amide bonds. The molecule has 0 aliphatic rings. The van der Waals surface area contributed by atoms with Crippen LogP contribution in [0, 0.1) is 0 Å². The third-order valence-corrected chi connectivity index (χ3v) is 17.2. The predicted molar refractivity (Wildman–Crippen MR) is 408 cm³/mol. The smallest absolute Gasteiger partial charge is 0.462 e. The summed E-state index contributed by atoms with van der Waals surface area (Å²) in [7, 11) is -9.99. The largest absolute Gasteiger partial charge is 0.472 e. The van der Waals surface area contributed by atoms with E-state index < -0.39 is 97.5 Å². The van der Waals surface area contributed by atoms with Crippen molar-refractivity contribution in [3.63, 3.8) is 0 Å². The van der Waals surface area contributed by atoms with Crippen molar-refractivity contribution in [3.05, 3.63) is 146 Å². The number of unbranched alkanes of at least 4 members (excludes halogenated alkanes) is 21. The lowest BCUT2D eigenvalue weighted by atomic mass is 10.1. The molecule has 0 saturated heterocycles. The van der Waals surface area contributed by atoms with Crippen molar-refractivity contribution in [2.24, 2.45) is 0 Å². The van der Waals surface area contributed by atoms with E-state index in [9.17, 15) is 43.2 Å². The standard InChI is InChI=1S/C81H134O17P2/c1-5-9-13-17-21-25-29-32-35-36-37-38-41-43-47-50-54-58-62-66-79(84)92-72-77(98-81(86)68-64-60-56-52-48-44-40-34-31-27-23-19-15-11-7-3)74-96-100(89,90)94-70-75(82)69-93-99(87,88)95-73-76(97-80(85)67-63-59-55-51-45-28-24-20-16-12-8-4)71-91-78(83)65-61-57-53-49-46-42-39-33-30-26-22-18-14-10-6-2/h9-11,13-15,21-23,25-27,32-35,37-40,46,49,57,61,75-77,82H,5-8,12,16-20,24,28-31,36,41-45,47-48,50-56,58-60,62-74H2,1-4H3,(H,87,88)(H,89,90)/b13-9-,14-10-,15-11-,25-21-,26-22-,27-23-,35-32-,38-37-,39-33-,40-34-,49-46-,61-57-. The number of aliphatic hydroxyl groups is 1. The molecule has 19 heteroatoms. The quantitative estimate of drug-likeness (QED) is 0.0169. The molecule has 0 aliphatic carbocycles. The predicted octanol–water partition coefficient (Wildman–Crippen LogP) is 21.9. The number of carbonyl (C=O) groups excluding carboxylic acids is 4. The normalized spacial score (nSPS) is 14.8. The monoisotopic (exact) mass is 1440 g/mol. The second kappa shape index (κ2) is 72.3. The molecule has 100 heavy (non-hydrogen) atoms. The van der Waals surface area contributed by atoms with Crippen molar-refractivity contribution in [2.75, 3.05) is 39.6 Å². The molecule has 0 aliphatic heterocycles. The van der Waals surface area contributed by atoms with E-state index in [4.69, 9.17) is 37.0 Å².